The van der Waals surface area contributed by atoms with Gasteiger partial charge in [-0.05, 0) is 0 Å². The monoisotopic (exact) mass is 206 g/mol. The van der Waals surface area contributed by atoms with E-state index in [-0.39, 0.29) is 0 Å². The van der Waals surface area contributed by atoms with Gasteiger partial charge in [0.25, 0.3) is 5.81 Å². The maximum atomic E-state index is 7.89. The summed E-state index contributed by atoms with van der Waals surface area (Å²) in [5, 5.41) is 7.89. The van der Waals surface area contributed by atoms with Crippen LogP contribution in [-0.2, 0) is 0 Å². The molecule has 0 amide bonds. The van der Waals surface area contributed by atoms with Crippen LogP contribution >= 0.6 is 42.6 Å². The highest BCUT2D eigenvalue weighted by Gasteiger charge is 2.31. The topological polar surface area (TPSA) is 23.8 Å². The molecule has 0 aliphatic heterocycles. The summed E-state index contributed by atoms with van der Waals surface area (Å²) in [5.41, 5.74) is 0. The number of nitrogens with zero attached hydrogens (tertiary/aromatic N) is 1. The minimum atomic E-state index is -2.33. The first-order chi connectivity index (χ1) is 2.56. The minimum absolute atomic E-state index is 1.66. The van der Waals surface area contributed by atoms with Crippen LogP contribution in [0.3, 0.4) is 0 Å². The quantitative estimate of drug-likeness (QED) is 0.560. The molecule has 0 aliphatic carbocycles. The van der Waals surface area contributed by atoms with E-state index in [0.29, 0.717) is 0 Å². The highest BCUT2D eigenvalue weighted by atomic mass is 79.9. The lowest BCUT2D eigenvalue weighted by Gasteiger charge is -1.74. The smallest absolute Gasteiger partial charge is 0.147 e. The van der Waals surface area contributed by atoms with E-state index in [1.54, 1.807) is 5.81 Å². The lowest BCUT2D eigenvalue weighted by atomic mass is 11.8. The Balaban J connectivity index is 3.55. The van der Waals surface area contributed by atoms with Gasteiger partial charge in [0.05, 0.1) is 0 Å². The SMILES string of the molecule is N#C[P+](Cl)(Cl)Br. The largest absolute Gasteiger partial charge is 0.381 e. The molecule has 5 heteroatoms. The van der Waals surface area contributed by atoms with Crippen molar-refractivity contribution in [2.45, 2.75) is 0 Å². The molecule has 0 aromatic heterocycles. The number of hydrogen-bond donors (Lipinski definition) is 0. The zero-order valence-electron chi connectivity index (χ0n) is 2.53. The fourth-order valence-corrected chi connectivity index (χ4v) is 0. The molecule has 0 rings (SSSR count). The van der Waals surface area contributed by atoms with Crippen molar-refractivity contribution in [2.75, 3.05) is 0 Å². The lowest BCUT2D eigenvalue weighted by Crippen LogP contribution is -1.40. The lowest BCUT2D eigenvalue weighted by molar-refractivity contribution is 1.57. The number of hydrogen-bond acceptors (Lipinski definition) is 1. The van der Waals surface area contributed by atoms with Crippen molar-refractivity contribution < 1.29 is 0 Å². The van der Waals surface area contributed by atoms with E-state index in [2.05, 4.69) is 15.5 Å². The molecule has 0 N–H and O–H groups in total. The highest BCUT2D eigenvalue weighted by molar-refractivity contribution is 9.48. The summed E-state index contributed by atoms with van der Waals surface area (Å²) in [7, 11) is 0. The van der Waals surface area contributed by atoms with Crippen LogP contribution in [-0.4, -0.2) is 0 Å². The van der Waals surface area contributed by atoms with Crippen molar-refractivity contribution in [2.24, 2.45) is 0 Å². The molecule has 0 saturated heterocycles. The molecule has 0 aromatic carbocycles. The third kappa shape index (κ3) is 4.98. The zero-order valence-corrected chi connectivity index (χ0v) is 6.52. The first-order valence-electron chi connectivity index (χ1n) is 0.954. The molecule has 34 valence electrons. The van der Waals surface area contributed by atoms with Crippen LogP contribution in [0, 0.1) is 11.1 Å². The predicted molar refractivity (Wildman–Crippen MR) is 33.2 cm³/mol. The van der Waals surface area contributed by atoms with Gasteiger partial charge in [-0.3, -0.25) is 0 Å². The molecule has 0 fully saturated rings. The molecular weight excluding hydrogens is 208 g/mol. The maximum Gasteiger partial charge on any atom is 0.381 e. The summed E-state index contributed by atoms with van der Waals surface area (Å²) in [6.45, 7) is 0. The van der Waals surface area contributed by atoms with Gasteiger partial charge in [-0.1, -0.05) is 0 Å². The molecule has 6 heavy (non-hydrogen) atoms. The Morgan fingerprint density at radius 3 is 1.83 bits per heavy atom. The molecule has 0 aliphatic rings. The van der Waals surface area contributed by atoms with E-state index in [9.17, 15) is 0 Å². The molecule has 0 aromatic rings. The number of rotatable bonds is 0. The van der Waals surface area contributed by atoms with Gasteiger partial charge in [0.1, 0.15) is 22.5 Å². The first kappa shape index (κ1) is 6.98. The molecule has 0 saturated carbocycles. The fourth-order valence-electron chi connectivity index (χ4n) is 0. The second kappa shape index (κ2) is 2.33. The Morgan fingerprint density at radius 1 is 1.67 bits per heavy atom. The zero-order chi connectivity index (χ0) is 5.21. The van der Waals surface area contributed by atoms with Crippen molar-refractivity contribution in [3.63, 3.8) is 0 Å². The summed E-state index contributed by atoms with van der Waals surface area (Å²) in [5.74, 6) is 1.66. The third-order valence-corrected chi connectivity index (χ3v) is 1.27. The van der Waals surface area contributed by atoms with Crippen molar-refractivity contribution >= 4 is 42.6 Å². The Bertz CT molecular complexity index is 80.5. The van der Waals surface area contributed by atoms with E-state index in [1.807, 2.05) is 0 Å². The first-order valence-corrected chi connectivity index (χ1v) is 6.57. The summed E-state index contributed by atoms with van der Waals surface area (Å²) in [6, 6.07) is 0. The van der Waals surface area contributed by atoms with E-state index >= 15 is 0 Å². The summed E-state index contributed by atoms with van der Waals surface area (Å²) in [4.78, 5) is 0. The fraction of sp³-hybridized carbons (Fsp3) is 0. The van der Waals surface area contributed by atoms with Crippen molar-refractivity contribution in [3.8, 4) is 5.81 Å². The summed E-state index contributed by atoms with van der Waals surface area (Å²) >= 11 is 13.1. The van der Waals surface area contributed by atoms with Gasteiger partial charge in [0.15, 0.2) is 15.5 Å². The van der Waals surface area contributed by atoms with Crippen molar-refractivity contribution in [3.05, 3.63) is 0 Å². The van der Waals surface area contributed by atoms with Gasteiger partial charge >= 0.3 is 4.67 Å². The van der Waals surface area contributed by atoms with Crippen molar-refractivity contribution in [1.29, 1.82) is 5.26 Å². The maximum absolute atomic E-state index is 7.89. The normalized spacial score (nSPS) is 10.3. The van der Waals surface area contributed by atoms with Crippen LogP contribution < -0.4 is 0 Å². The molecule has 0 heterocycles. The second-order valence-corrected chi connectivity index (χ2v) is 10.8. The molecule has 0 atom stereocenters. The predicted octanol–water partition coefficient (Wildman–Crippen LogP) is 3.10. The van der Waals surface area contributed by atoms with Gasteiger partial charge < -0.3 is 0 Å². The molecule has 1 nitrogen and oxygen atoms in total. The van der Waals surface area contributed by atoms with Gasteiger partial charge in [0.2, 0.25) is 0 Å². The van der Waals surface area contributed by atoms with Gasteiger partial charge in [-0.2, -0.15) is 0 Å². The molecule has 0 unspecified atom stereocenters. The Kier molecular flexibility index (Phi) is 2.71. The average Bonchev–Trinajstić information content (AvgIpc) is 1.35. The van der Waals surface area contributed by atoms with Gasteiger partial charge in [-0.15, -0.1) is 5.26 Å². The number of halogens is 3. The standard InChI is InChI=1S/CBrCl2NP/c2-6(3,4)1-5/q+1. The van der Waals surface area contributed by atoms with Crippen LogP contribution in [0.4, 0.5) is 0 Å². The van der Waals surface area contributed by atoms with Gasteiger partial charge in [-0.25, -0.2) is 0 Å². The Labute approximate surface area is 53.9 Å². The number of nitriles is 1. The summed E-state index contributed by atoms with van der Waals surface area (Å²) in [6.07, 6.45) is 0. The van der Waals surface area contributed by atoms with Crippen LogP contribution in [0.2, 0.25) is 0 Å². The van der Waals surface area contributed by atoms with Crippen LogP contribution in [0.25, 0.3) is 0 Å². The van der Waals surface area contributed by atoms with Gasteiger partial charge in [0, 0.05) is 0 Å². The molecule has 0 radical (unpaired) electrons. The van der Waals surface area contributed by atoms with Crippen LogP contribution in [0.1, 0.15) is 0 Å². The van der Waals surface area contributed by atoms with E-state index in [0.717, 1.165) is 0 Å². The molecule has 0 bridgehead atoms. The summed E-state index contributed by atoms with van der Waals surface area (Å²) < 4.78 is -2.33. The second-order valence-electron chi connectivity index (χ2n) is 0.545. The van der Waals surface area contributed by atoms with Crippen LogP contribution in [0.5, 0.6) is 0 Å². The minimum Gasteiger partial charge on any atom is -0.147 e. The highest BCUT2D eigenvalue weighted by Crippen LogP contribution is 2.75. The van der Waals surface area contributed by atoms with Crippen molar-refractivity contribution in [1.82, 2.24) is 0 Å². The van der Waals surface area contributed by atoms with Crippen LogP contribution in [0.15, 0.2) is 0 Å². The molecular formula is CBrCl2NP+. The van der Waals surface area contributed by atoms with E-state index in [1.165, 1.54) is 0 Å². The molecule has 0 spiro atoms. The Morgan fingerprint density at radius 2 is 1.83 bits per heavy atom. The van der Waals surface area contributed by atoms with E-state index < -0.39 is 4.67 Å². The third-order valence-electron chi connectivity index (χ3n) is 0.113. The Hall–Kier alpha value is 0.980. The van der Waals surface area contributed by atoms with E-state index in [4.69, 9.17) is 27.7 Å². The average molecular weight is 208 g/mol.